The highest BCUT2D eigenvalue weighted by molar-refractivity contribution is 5.94. The number of nitrogens with zero attached hydrogens (tertiary/aromatic N) is 3. The number of amides is 1. The summed E-state index contributed by atoms with van der Waals surface area (Å²) in [7, 11) is 0. The van der Waals surface area contributed by atoms with Crippen LogP contribution in [0.3, 0.4) is 0 Å². The lowest BCUT2D eigenvalue weighted by atomic mass is 10.1. The van der Waals surface area contributed by atoms with Gasteiger partial charge in [-0.15, -0.1) is 0 Å². The number of carbonyl (C=O) groups excluding carboxylic acids is 2. The molecule has 2 aromatic rings. The summed E-state index contributed by atoms with van der Waals surface area (Å²) in [6, 6.07) is 7.02. The van der Waals surface area contributed by atoms with E-state index in [1.165, 1.54) is 6.92 Å². The third-order valence-corrected chi connectivity index (χ3v) is 4.55. The van der Waals surface area contributed by atoms with E-state index in [9.17, 15) is 9.59 Å². The van der Waals surface area contributed by atoms with Crippen molar-refractivity contribution in [3.05, 3.63) is 35.7 Å². The van der Waals surface area contributed by atoms with Crippen LogP contribution in [0.2, 0.25) is 0 Å². The fourth-order valence-corrected chi connectivity index (χ4v) is 3.00. The van der Waals surface area contributed by atoms with E-state index >= 15 is 0 Å². The predicted molar refractivity (Wildman–Crippen MR) is 105 cm³/mol. The predicted octanol–water partition coefficient (Wildman–Crippen LogP) is 3.86. The van der Waals surface area contributed by atoms with Crippen LogP contribution in [0.25, 0.3) is 11.5 Å². The standard InChI is InChI=1S/C21H27N3O5/c1-14(25)15-5-7-16(8-6-15)19-22-18(23-29-19)13-27-17-9-11-24(12-10-17)20(26)28-21(2,3)4/h5-8,17H,9-13H2,1-4H3. The van der Waals surface area contributed by atoms with Crippen LogP contribution in [0.5, 0.6) is 0 Å². The molecule has 29 heavy (non-hydrogen) atoms. The average molecular weight is 401 g/mol. The van der Waals surface area contributed by atoms with E-state index in [0.29, 0.717) is 30.4 Å². The molecule has 1 saturated heterocycles. The van der Waals surface area contributed by atoms with Gasteiger partial charge in [-0.05, 0) is 52.7 Å². The van der Waals surface area contributed by atoms with Crippen molar-refractivity contribution < 1.29 is 23.6 Å². The quantitative estimate of drug-likeness (QED) is 0.702. The van der Waals surface area contributed by atoms with Crippen molar-refractivity contribution in [2.24, 2.45) is 0 Å². The van der Waals surface area contributed by atoms with Crippen LogP contribution in [0, 0.1) is 0 Å². The Labute approximate surface area is 170 Å². The molecule has 0 aliphatic carbocycles. The summed E-state index contributed by atoms with van der Waals surface area (Å²) in [6.07, 6.45) is 1.22. The van der Waals surface area contributed by atoms with Crippen LogP contribution in [-0.2, 0) is 16.1 Å². The second-order valence-corrected chi connectivity index (χ2v) is 8.13. The number of piperidine rings is 1. The number of ketones is 1. The van der Waals surface area contributed by atoms with E-state index in [0.717, 1.165) is 18.4 Å². The van der Waals surface area contributed by atoms with E-state index in [1.807, 2.05) is 20.8 Å². The van der Waals surface area contributed by atoms with Crippen molar-refractivity contribution in [2.45, 2.75) is 58.8 Å². The molecule has 1 aliphatic rings. The Morgan fingerprint density at radius 1 is 1.17 bits per heavy atom. The van der Waals surface area contributed by atoms with E-state index in [4.69, 9.17) is 14.0 Å². The van der Waals surface area contributed by atoms with Crippen molar-refractivity contribution in [1.29, 1.82) is 0 Å². The number of aromatic nitrogens is 2. The van der Waals surface area contributed by atoms with E-state index in [1.54, 1.807) is 29.2 Å². The van der Waals surface area contributed by atoms with Gasteiger partial charge in [-0.1, -0.05) is 17.3 Å². The van der Waals surface area contributed by atoms with Crippen LogP contribution < -0.4 is 0 Å². The minimum atomic E-state index is -0.493. The van der Waals surface area contributed by atoms with Crippen molar-refractivity contribution in [1.82, 2.24) is 15.0 Å². The summed E-state index contributed by atoms with van der Waals surface area (Å²) in [6.45, 7) is 8.53. The van der Waals surface area contributed by atoms with Crippen LogP contribution in [-0.4, -0.2) is 51.7 Å². The summed E-state index contributed by atoms with van der Waals surface area (Å²) >= 11 is 0. The molecular weight excluding hydrogens is 374 g/mol. The molecular formula is C21H27N3O5. The first kappa shape index (κ1) is 21.0. The van der Waals surface area contributed by atoms with E-state index in [-0.39, 0.29) is 24.6 Å². The van der Waals surface area contributed by atoms with Crippen LogP contribution in [0.15, 0.2) is 28.8 Å². The number of hydrogen-bond acceptors (Lipinski definition) is 7. The van der Waals surface area contributed by atoms with Gasteiger partial charge in [-0.2, -0.15) is 4.98 Å². The molecule has 0 bridgehead atoms. The van der Waals surface area contributed by atoms with Gasteiger partial charge in [0.15, 0.2) is 11.6 Å². The van der Waals surface area contributed by atoms with Gasteiger partial charge < -0.3 is 18.9 Å². The molecule has 0 N–H and O–H groups in total. The topological polar surface area (TPSA) is 94.8 Å². The maximum atomic E-state index is 12.1. The lowest BCUT2D eigenvalue weighted by molar-refractivity contribution is -0.0190. The normalized spacial score (nSPS) is 15.4. The molecule has 0 saturated carbocycles. The smallest absolute Gasteiger partial charge is 0.410 e. The van der Waals surface area contributed by atoms with Gasteiger partial charge in [-0.3, -0.25) is 4.79 Å². The minimum Gasteiger partial charge on any atom is -0.444 e. The van der Waals surface area contributed by atoms with Gasteiger partial charge in [0.05, 0.1) is 6.10 Å². The maximum absolute atomic E-state index is 12.1. The molecule has 1 amide bonds. The molecule has 0 spiro atoms. The number of hydrogen-bond donors (Lipinski definition) is 0. The Bertz CT molecular complexity index is 846. The highest BCUT2D eigenvalue weighted by atomic mass is 16.6. The summed E-state index contributed by atoms with van der Waals surface area (Å²) in [4.78, 5) is 29.5. The van der Waals surface area contributed by atoms with Crippen LogP contribution >= 0.6 is 0 Å². The molecule has 1 fully saturated rings. The largest absolute Gasteiger partial charge is 0.444 e. The molecule has 3 rings (SSSR count). The first-order chi connectivity index (χ1) is 13.7. The molecule has 8 nitrogen and oxygen atoms in total. The van der Waals surface area contributed by atoms with E-state index < -0.39 is 5.60 Å². The van der Waals surface area contributed by atoms with Gasteiger partial charge in [0.25, 0.3) is 5.89 Å². The fraction of sp³-hybridized carbons (Fsp3) is 0.524. The number of ether oxygens (including phenoxy) is 2. The Morgan fingerprint density at radius 2 is 1.83 bits per heavy atom. The minimum absolute atomic E-state index is 0.00823. The molecule has 2 heterocycles. The fourth-order valence-electron chi connectivity index (χ4n) is 3.00. The highest BCUT2D eigenvalue weighted by Gasteiger charge is 2.27. The first-order valence-corrected chi connectivity index (χ1v) is 9.75. The molecule has 1 aliphatic heterocycles. The molecule has 8 heteroatoms. The molecule has 156 valence electrons. The number of benzene rings is 1. The number of likely N-dealkylation sites (tertiary alicyclic amines) is 1. The van der Waals surface area contributed by atoms with Gasteiger partial charge in [0, 0.05) is 24.2 Å². The maximum Gasteiger partial charge on any atom is 0.410 e. The van der Waals surface area contributed by atoms with Crippen molar-refractivity contribution in [3.63, 3.8) is 0 Å². The summed E-state index contributed by atoms with van der Waals surface area (Å²) in [5, 5.41) is 3.96. The lowest BCUT2D eigenvalue weighted by Gasteiger charge is -2.33. The van der Waals surface area contributed by atoms with Gasteiger partial charge >= 0.3 is 6.09 Å². The second-order valence-electron chi connectivity index (χ2n) is 8.13. The van der Waals surface area contributed by atoms with Crippen molar-refractivity contribution in [2.75, 3.05) is 13.1 Å². The van der Waals surface area contributed by atoms with E-state index in [2.05, 4.69) is 10.1 Å². The number of Topliss-reactive ketones (excluding diaryl/α,β-unsaturated/α-hetero) is 1. The molecule has 0 atom stereocenters. The lowest BCUT2D eigenvalue weighted by Crippen LogP contribution is -2.43. The SMILES string of the molecule is CC(=O)c1ccc(-c2nc(COC3CCN(C(=O)OC(C)(C)C)CC3)no2)cc1. The summed E-state index contributed by atoms with van der Waals surface area (Å²) in [5.74, 6) is 0.859. The van der Waals surface area contributed by atoms with Gasteiger partial charge in [0.2, 0.25) is 0 Å². The van der Waals surface area contributed by atoms with Crippen LogP contribution in [0.1, 0.15) is 56.7 Å². The van der Waals surface area contributed by atoms with Crippen molar-refractivity contribution >= 4 is 11.9 Å². The third kappa shape index (κ3) is 5.87. The zero-order valence-corrected chi connectivity index (χ0v) is 17.3. The Kier molecular flexibility index (Phi) is 6.32. The first-order valence-electron chi connectivity index (χ1n) is 9.75. The average Bonchev–Trinajstić information content (AvgIpc) is 3.14. The number of carbonyl (C=O) groups is 2. The van der Waals surface area contributed by atoms with Gasteiger partial charge in [0.1, 0.15) is 12.2 Å². The summed E-state index contributed by atoms with van der Waals surface area (Å²) < 4.78 is 16.6. The number of rotatable bonds is 5. The Morgan fingerprint density at radius 3 is 2.41 bits per heavy atom. The highest BCUT2D eigenvalue weighted by Crippen LogP contribution is 2.20. The Balaban J connectivity index is 1.47. The van der Waals surface area contributed by atoms with Crippen LogP contribution in [0.4, 0.5) is 4.79 Å². The van der Waals surface area contributed by atoms with Gasteiger partial charge in [-0.25, -0.2) is 4.79 Å². The zero-order chi connectivity index (χ0) is 21.0. The van der Waals surface area contributed by atoms with Crippen molar-refractivity contribution in [3.8, 4) is 11.5 Å². The molecule has 0 radical (unpaired) electrons. The molecule has 1 aromatic carbocycles. The second kappa shape index (κ2) is 8.73. The zero-order valence-electron chi connectivity index (χ0n) is 17.3. The summed E-state index contributed by atoms with van der Waals surface area (Å²) in [5.41, 5.74) is 0.890. The molecule has 0 unspecified atom stereocenters. The third-order valence-electron chi connectivity index (χ3n) is 4.55. The molecule has 1 aromatic heterocycles. The monoisotopic (exact) mass is 401 g/mol. The Hall–Kier alpha value is -2.74.